The van der Waals surface area contributed by atoms with Crippen LogP contribution in [-0.2, 0) is 16.0 Å². The number of furan rings is 1. The lowest BCUT2D eigenvalue weighted by molar-refractivity contribution is -0.142. The molecule has 1 atom stereocenters. The summed E-state index contributed by atoms with van der Waals surface area (Å²) >= 11 is 0. The van der Waals surface area contributed by atoms with Gasteiger partial charge in [0.05, 0.1) is 18.2 Å². The van der Waals surface area contributed by atoms with E-state index < -0.39 is 23.5 Å². The molecule has 0 spiro atoms. The number of aliphatic carboxylic acids is 1. The maximum Gasteiger partial charge on any atom is 0.340 e. The van der Waals surface area contributed by atoms with Crippen LogP contribution in [-0.4, -0.2) is 17.0 Å². The highest BCUT2D eigenvalue weighted by molar-refractivity contribution is 6.00. The highest BCUT2D eigenvalue weighted by atomic mass is 16.4. The average Bonchev–Trinajstić information content (AvgIpc) is 3.12. The van der Waals surface area contributed by atoms with Crippen molar-refractivity contribution in [3.8, 4) is 0 Å². The Hall–Kier alpha value is -3.87. The molecular formula is C24H21NO6. The van der Waals surface area contributed by atoms with E-state index in [0.717, 1.165) is 16.3 Å². The number of fused-ring (bicyclic) bond motifs is 2. The van der Waals surface area contributed by atoms with Gasteiger partial charge in [-0.3, -0.25) is 4.79 Å². The van der Waals surface area contributed by atoms with Crippen molar-refractivity contribution in [3.05, 3.63) is 80.9 Å². The molecule has 1 amide bonds. The van der Waals surface area contributed by atoms with Gasteiger partial charge in [0.1, 0.15) is 11.2 Å². The molecule has 4 aromatic rings. The standard InChI is InChI=1S/C24H21NO6/c1-12-11-30-21-14(3)22-17(9-16(12)21)13(2)18(24(29)31-22)10-19(26)25-20(23(27)28)15-7-5-4-6-8-15/h4-9,11,20H,10H2,1-3H3,(H,25,26)(H,27,28)/t20-/m1/s1. The van der Waals surface area contributed by atoms with E-state index in [4.69, 9.17) is 8.83 Å². The zero-order valence-corrected chi connectivity index (χ0v) is 17.3. The Bertz CT molecular complexity index is 1380. The van der Waals surface area contributed by atoms with Crippen molar-refractivity contribution < 1.29 is 23.5 Å². The van der Waals surface area contributed by atoms with Crippen LogP contribution < -0.4 is 10.9 Å². The van der Waals surface area contributed by atoms with E-state index in [9.17, 15) is 19.5 Å². The molecule has 4 rings (SSSR count). The highest BCUT2D eigenvalue weighted by Gasteiger charge is 2.24. The molecule has 2 N–H and O–H groups in total. The summed E-state index contributed by atoms with van der Waals surface area (Å²) in [7, 11) is 0. The predicted octanol–water partition coefficient (Wildman–Crippen LogP) is 3.95. The number of hydrogen-bond donors (Lipinski definition) is 2. The first-order valence-electron chi connectivity index (χ1n) is 9.78. The third-order valence-corrected chi connectivity index (χ3v) is 5.56. The van der Waals surface area contributed by atoms with Gasteiger partial charge in [-0.05, 0) is 43.5 Å². The van der Waals surface area contributed by atoms with Crippen molar-refractivity contribution >= 4 is 33.8 Å². The molecular weight excluding hydrogens is 398 g/mol. The van der Waals surface area contributed by atoms with Crippen LogP contribution in [0.4, 0.5) is 0 Å². The van der Waals surface area contributed by atoms with E-state index in [2.05, 4.69) is 5.32 Å². The number of carboxylic acid groups (broad SMARTS) is 1. The normalized spacial score (nSPS) is 12.2. The Balaban J connectivity index is 1.72. The van der Waals surface area contributed by atoms with Gasteiger partial charge in [0.2, 0.25) is 5.91 Å². The fourth-order valence-corrected chi connectivity index (χ4v) is 3.83. The van der Waals surface area contributed by atoms with Crippen LogP contribution in [0.3, 0.4) is 0 Å². The third kappa shape index (κ3) is 3.59. The number of amides is 1. The third-order valence-electron chi connectivity index (χ3n) is 5.56. The molecule has 0 radical (unpaired) electrons. The first kappa shape index (κ1) is 20.4. The predicted molar refractivity (Wildman–Crippen MR) is 115 cm³/mol. The molecule has 2 heterocycles. The monoisotopic (exact) mass is 419 g/mol. The number of rotatable bonds is 5. The fourth-order valence-electron chi connectivity index (χ4n) is 3.83. The van der Waals surface area contributed by atoms with E-state index in [-0.39, 0.29) is 12.0 Å². The van der Waals surface area contributed by atoms with E-state index in [1.54, 1.807) is 43.5 Å². The number of carbonyl (C=O) groups is 2. The molecule has 0 saturated carbocycles. The molecule has 2 aromatic carbocycles. The lowest BCUT2D eigenvalue weighted by Gasteiger charge is -2.15. The van der Waals surface area contributed by atoms with E-state index in [1.165, 1.54) is 0 Å². The minimum absolute atomic E-state index is 0.196. The Labute approximate surface area is 177 Å². The average molecular weight is 419 g/mol. The SMILES string of the molecule is Cc1coc2c(C)c3oc(=O)c(CC(=O)N[C@@H](C(=O)O)c4ccccc4)c(C)c3cc12. The Kier molecular flexibility index (Phi) is 5.10. The maximum absolute atomic E-state index is 12.7. The van der Waals surface area contributed by atoms with E-state index >= 15 is 0 Å². The summed E-state index contributed by atoms with van der Waals surface area (Å²) in [6, 6.07) is 9.07. The Morgan fingerprint density at radius 2 is 1.74 bits per heavy atom. The van der Waals surface area contributed by atoms with Crippen molar-refractivity contribution in [2.24, 2.45) is 0 Å². The van der Waals surface area contributed by atoms with E-state index in [0.29, 0.717) is 27.9 Å². The lowest BCUT2D eigenvalue weighted by Crippen LogP contribution is -2.35. The topological polar surface area (TPSA) is 110 Å². The quantitative estimate of drug-likeness (QED) is 0.474. The van der Waals surface area contributed by atoms with Crippen molar-refractivity contribution in [3.63, 3.8) is 0 Å². The van der Waals surface area contributed by atoms with Gasteiger partial charge in [0.15, 0.2) is 6.04 Å². The maximum atomic E-state index is 12.7. The molecule has 31 heavy (non-hydrogen) atoms. The summed E-state index contributed by atoms with van der Waals surface area (Å²) < 4.78 is 11.1. The zero-order valence-electron chi connectivity index (χ0n) is 17.3. The molecule has 0 fully saturated rings. The van der Waals surface area contributed by atoms with Crippen LogP contribution in [0, 0.1) is 20.8 Å². The van der Waals surface area contributed by atoms with Crippen LogP contribution in [0.2, 0.25) is 0 Å². The number of aryl methyl sites for hydroxylation is 3. The Morgan fingerprint density at radius 3 is 2.42 bits per heavy atom. The number of nitrogens with one attached hydrogen (secondary N) is 1. The largest absolute Gasteiger partial charge is 0.479 e. The second kappa shape index (κ2) is 7.75. The number of hydrogen-bond acceptors (Lipinski definition) is 5. The molecule has 0 aliphatic carbocycles. The van der Waals surface area contributed by atoms with Gasteiger partial charge in [-0.1, -0.05) is 30.3 Å². The summed E-state index contributed by atoms with van der Waals surface area (Å²) in [6.45, 7) is 5.50. The second-order valence-corrected chi connectivity index (χ2v) is 7.59. The number of benzene rings is 2. The minimum Gasteiger partial charge on any atom is -0.479 e. The second-order valence-electron chi connectivity index (χ2n) is 7.59. The van der Waals surface area contributed by atoms with Crippen molar-refractivity contribution in [2.45, 2.75) is 33.2 Å². The van der Waals surface area contributed by atoms with Crippen LogP contribution in [0.5, 0.6) is 0 Å². The number of carbonyl (C=O) groups excluding carboxylic acids is 1. The molecule has 0 saturated heterocycles. The van der Waals surface area contributed by atoms with Gasteiger partial charge in [-0.15, -0.1) is 0 Å². The van der Waals surface area contributed by atoms with Crippen molar-refractivity contribution in [1.82, 2.24) is 5.32 Å². The van der Waals surface area contributed by atoms with Gasteiger partial charge in [0, 0.05) is 16.3 Å². The molecule has 2 aromatic heterocycles. The summed E-state index contributed by atoms with van der Waals surface area (Å²) in [5.41, 5.74) is 3.38. The first-order valence-corrected chi connectivity index (χ1v) is 9.78. The van der Waals surface area contributed by atoms with Gasteiger partial charge in [-0.25, -0.2) is 9.59 Å². The van der Waals surface area contributed by atoms with Gasteiger partial charge in [0.25, 0.3) is 0 Å². The van der Waals surface area contributed by atoms with Gasteiger partial charge < -0.3 is 19.3 Å². The van der Waals surface area contributed by atoms with Gasteiger partial charge >= 0.3 is 11.6 Å². The molecule has 158 valence electrons. The minimum atomic E-state index is -1.21. The molecule has 7 nitrogen and oxygen atoms in total. The van der Waals surface area contributed by atoms with Crippen molar-refractivity contribution in [1.29, 1.82) is 0 Å². The van der Waals surface area contributed by atoms with E-state index in [1.807, 2.05) is 19.9 Å². The van der Waals surface area contributed by atoms with Crippen LogP contribution in [0.1, 0.15) is 33.9 Å². The smallest absolute Gasteiger partial charge is 0.340 e. The van der Waals surface area contributed by atoms with Crippen LogP contribution in [0.15, 0.2) is 56.3 Å². The van der Waals surface area contributed by atoms with Gasteiger partial charge in [-0.2, -0.15) is 0 Å². The summed E-state index contributed by atoms with van der Waals surface area (Å²) in [5, 5.41) is 13.6. The van der Waals surface area contributed by atoms with Crippen molar-refractivity contribution in [2.75, 3.05) is 0 Å². The van der Waals surface area contributed by atoms with Crippen LogP contribution in [0.25, 0.3) is 21.9 Å². The fraction of sp³-hybridized carbons (Fsp3) is 0.208. The highest BCUT2D eigenvalue weighted by Crippen LogP contribution is 2.32. The lowest BCUT2D eigenvalue weighted by atomic mass is 9.99. The molecule has 0 aliphatic heterocycles. The summed E-state index contributed by atoms with van der Waals surface area (Å²) in [6.07, 6.45) is 1.36. The molecule has 0 aliphatic rings. The molecule has 0 unspecified atom stereocenters. The van der Waals surface area contributed by atoms with Crippen LogP contribution >= 0.6 is 0 Å². The summed E-state index contributed by atoms with van der Waals surface area (Å²) in [4.78, 5) is 37.0. The zero-order chi connectivity index (χ0) is 22.3. The first-order chi connectivity index (χ1) is 14.8. The Morgan fingerprint density at radius 1 is 1.03 bits per heavy atom. The summed E-state index contributed by atoms with van der Waals surface area (Å²) in [5.74, 6) is -1.77. The molecule has 7 heteroatoms. The molecule has 0 bridgehead atoms. The number of carboxylic acids is 1.